The summed E-state index contributed by atoms with van der Waals surface area (Å²) >= 11 is 1.90. The predicted molar refractivity (Wildman–Crippen MR) is 77.6 cm³/mol. The monoisotopic (exact) mass is 260 g/mol. The van der Waals surface area contributed by atoms with E-state index in [0.717, 1.165) is 19.4 Å². The zero-order valence-electron chi connectivity index (χ0n) is 11.7. The molecule has 0 bridgehead atoms. The summed E-state index contributed by atoms with van der Waals surface area (Å²) in [4.78, 5) is 11.7. The molecule has 2 atom stereocenters. The quantitative estimate of drug-likeness (QED) is 0.593. The molecule has 0 aromatic carbocycles. The fraction of sp³-hybridized carbons (Fsp3) is 0.923. The number of hydrogen-bond donors (Lipinski definition) is 2. The van der Waals surface area contributed by atoms with Crippen LogP contribution >= 0.6 is 11.8 Å². The van der Waals surface area contributed by atoms with E-state index in [1.54, 1.807) is 0 Å². The number of rotatable bonds is 10. The smallest absolute Gasteiger partial charge is 0.237 e. The van der Waals surface area contributed by atoms with E-state index in [2.05, 4.69) is 23.8 Å². The molecule has 0 aliphatic heterocycles. The van der Waals surface area contributed by atoms with E-state index in [4.69, 9.17) is 0 Å². The van der Waals surface area contributed by atoms with Crippen LogP contribution < -0.4 is 10.6 Å². The van der Waals surface area contributed by atoms with Gasteiger partial charge in [0.2, 0.25) is 5.91 Å². The van der Waals surface area contributed by atoms with Gasteiger partial charge in [-0.1, -0.05) is 13.3 Å². The van der Waals surface area contributed by atoms with Crippen molar-refractivity contribution < 1.29 is 4.79 Å². The predicted octanol–water partition coefficient (Wildman–Crippen LogP) is 2.41. The van der Waals surface area contributed by atoms with Gasteiger partial charge in [0.05, 0.1) is 6.04 Å². The second-order valence-electron chi connectivity index (χ2n) is 4.55. The molecule has 0 heterocycles. The first kappa shape index (κ1) is 16.8. The third-order valence-corrected chi connectivity index (χ3v) is 3.57. The number of carbonyl (C=O) groups excluding carboxylic acids is 1. The Bertz CT molecular complexity index is 200. The molecular formula is C13H28N2OS. The number of hydrogen-bond acceptors (Lipinski definition) is 3. The molecule has 1 amide bonds. The van der Waals surface area contributed by atoms with Gasteiger partial charge in [-0.25, -0.2) is 0 Å². The fourth-order valence-corrected chi connectivity index (χ4v) is 1.92. The van der Waals surface area contributed by atoms with E-state index >= 15 is 0 Å². The summed E-state index contributed by atoms with van der Waals surface area (Å²) < 4.78 is 0. The summed E-state index contributed by atoms with van der Waals surface area (Å²) in [5.41, 5.74) is 0. The fourth-order valence-electron chi connectivity index (χ4n) is 1.43. The first-order chi connectivity index (χ1) is 8.11. The lowest BCUT2D eigenvalue weighted by Gasteiger charge is -2.17. The van der Waals surface area contributed by atoms with Crippen molar-refractivity contribution in [1.82, 2.24) is 10.6 Å². The maximum Gasteiger partial charge on any atom is 0.237 e. The van der Waals surface area contributed by atoms with Gasteiger partial charge in [-0.2, -0.15) is 11.8 Å². The highest BCUT2D eigenvalue weighted by Crippen LogP contribution is 2.01. The minimum Gasteiger partial charge on any atom is -0.352 e. The maximum absolute atomic E-state index is 11.7. The highest BCUT2D eigenvalue weighted by molar-refractivity contribution is 7.98. The Balaban J connectivity index is 3.50. The van der Waals surface area contributed by atoms with Gasteiger partial charge < -0.3 is 10.6 Å². The van der Waals surface area contributed by atoms with E-state index in [9.17, 15) is 4.79 Å². The SMILES string of the molecule is CCC(C)NC(=O)C(C)NCCCCCSC. The third-order valence-electron chi connectivity index (χ3n) is 2.87. The summed E-state index contributed by atoms with van der Waals surface area (Å²) in [6.07, 6.45) is 6.79. The second-order valence-corrected chi connectivity index (χ2v) is 5.53. The van der Waals surface area contributed by atoms with Gasteiger partial charge in [0.1, 0.15) is 0 Å². The average molecular weight is 260 g/mol. The van der Waals surface area contributed by atoms with E-state index < -0.39 is 0 Å². The van der Waals surface area contributed by atoms with Crippen molar-refractivity contribution in [2.24, 2.45) is 0 Å². The van der Waals surface area contributed by atoms with Gasteiger partial charge in [-0.15, -0.1) is 0 Å². The maximum atomic E-state index is 11.7. The summed E-state index contributed by atoms with van der Waals surface area (Å²) in [5, 5.41) is 6.26. The van der Waals surface area contributed by atoms with Crippen LogP contribution in [0.25, 0.3) is 0 Å². The van der Waals surface area contributed by atoms with Gasteiger partial charge in [0.15, 0.2) is 0 Å². The van der Waals surface area contributed by atoms with E-state index in [1.165, 1.54) is 18.6 Å². The molecule has 0 radical (unpaired) electrons. The molecule has 102 valence electrons. The Hall–Kier alpha value is -0.220. The van der Waals surface area contributed by atoms with Crippen LogP contribution in [0.1, 0.15) is 46.5 Å². The number of unbranched alkanes of at least 4 members (excludes halogenated alkanes) is 2. The van der Waals surface area contributed by atoms with E-state index in [1.807, 2.05) is 25.6 Å². The Morgan fingerprint density at radius 1 is 1.24 bits per heavy atom. The van der Waals surface area contributed by atoms with Crippen LogP contribution in [0.3, 0.4) is 0 Å². The molecule has 3 nitrogen and oxygen atoms in total. The van der Waals surface area contributed by atoms with Gasteiger partial charge in [-0.05, 0) is 51.7 Å². The summed E-state index contributed by atoms with van der Waals surface area (Å²) in [5.74, 6) is 1.35. The molecular weight excluding hydrogens is 232 g/mol. The Kier molecular flexibility index (Phi) is 10.8. The van der Waals surface area contributed by atoms with Crippen LogP contribution in [0.5, 0.6) is 0 Å². The first-order valence-electron chi connectivity index (χ1n) is 6.64. The minimum atomic E-state index is -0.0791. The van der Waals surface area contributed by atoms with Crippen molar-refractivity contribution in [2.45, 2.75) is 58.5 Å². The van der Waals surface area contributed by atoms with Gasteiger partial charge in [-0.3, -0.25) is 4.79 Å². The molecule has 2 unspecified atom stereocenters. The largest absolute Gasteiger partial charge is 0.352 e. The molecule has 0 fully saturated rings. The van der Waals surface area contributed by atoms with Crippen molar-refractivity contribution in [3.05, 3.63) is 0 Å². The Morgan fingerprint density at radius 2 is 1.94 bits per heavy atom. The van der Waals surface area contributed by atoms with Crippen LogP contribution in [-0.2, 0) is 4.79 Å². The van der Waals surface area contributed by atoms with Crippen LogP contribution in [-0.4, -0.2) is 36.5 Å². The summed E-state index contributed by atoms with van der Waals surface area (Å²) in [6.45, 7) is 6.98. The molecule has 2 N–H and O–H groups in total. The second kappa shape index (κ2) is 10.9. The molecule has 0 saturated heterocycles. The lowest BCUT2D eigenvalue weighted by Crippen LogP contribution is -2.45. The van der Waals surface area contributed by atoms with Crippen LogP contribution in [0.2, 0.25) is 0 Å². The van der Waals surface area contributed by atoms with Crippen molar-refractivity contribution in [3.63, 3.8) is 0 Å². The number of carbonyl (C=O) groups is 1. The number of nitrogens with one attached hydrogen (secondary N) is 2. The first-order valence-corrected chi connectivity index (χ1v) is 8.03. The van der Waals surface area contributed by atoms with E-state index in [0.29, 0.717) is 0 Å². The van der Waals surface area contributed by atoms with Crippen LogP contribution in [0.15, 0.2) is 0 Å². The van der Waals surface area contributed by atoms with Crippen molar-refractivity contribution in [1.29, 1.82) is 0 Å². The average Bonchev–Trinajstić information content (AvgIpc) is 2.32. The third kappa shape index (κ3) is 9.48. The number of amides is 1. The topological polar surface area (TPSA) is 41.1 Å². The van der Waals surface area contributed by atoms with E-state index in [-0.39, 0.29) is 18.0 Å². The lowest BCUT2D eigenvalue weighted by molar-refractivity contribution is -0.123. The summed E-state index contributed by atoms with van der Waals surface area (Å²) in [7, 11) is 0. The molecule has 0 aromatic heterocycles. The molecule has 4 heteroatoms. The number of thioether (sulfide) groups is 1. The lowest BCUT2D eigenvalue weighted by atomic mass is 10.2. The van der Waals surface area contributed by atoms with Gasteiger partial charge in [0.25, 0.3) is 0 Å². The molecule has 0 rings (SSSR count). The normalized spacial score (nSPS) is 14.4. The highest BCUT2D eigenvalue weighted by Gasteiger charge is 2.12. The van der Waals surface area contributed by atoms with Crippen molar-refractivity contribution in [3.8, 4) is 0 Å². The zero-order chi connectivity index (χ0) is 13.1. The van der Waals surface area contributed by atoms with Crippen LogP contribution in [0.4, 0.5) is 0 Å². The van der Waals surface area contributed by atoms with Crippen molar-refractivity contribution in [2.75, 3.05) is 18.6 Å². The highest BCUT2D eigenvalue weighted by atomic mass is 32.2. The minimum absolute atomic E-state index is 0.0791. The zero-order valence-corrected chi connectivity index (χ0v) is 12.5. The standard InChI is InChI=1S/C13H28N2OS/c1-5-11(2)15-13(16)12(3)14-9-7-6-8-10-17-4/h11-12,14H,5-10H2,1-4H3,(H,15,16). The van der Waals surface area contributed by atoms with Gasteiger partial charge in [0, 0.05) is 6.04 Å². The molecule has 0 aliphatic rings. The van der Waals surface area contributed by atoms with Crippen LogP contribution in [0, 0.1) is 0 Å². The summed E-state index contributed by atoms with van der Waals surface area (Å²) in [6, 6.07) is 0.192. The molecule has 17 heavy (non-hydrogen) atoms. The molecule has 0 aliphatic carbocycles. The molecule has 0 aromatic rings. The Morgan fingerprint density at radius 3 is 2.53 bits per heavy atom. The Labute approximate surface area is 111 Å². The van der Waals surface area contributed by atoms with Gasteiger partial charge >= 0.3 is 0 Å². The molecule has 0 spiro atoms. The molecule has 0 saturated carbocycles. The van der Waals surface area contributed by atoms with Crippen molar-refractivity contribution >= 4 is 17.7 Å².